The Hall–Kier alpha value is -1.59. The van der Waals surface area contributed by atoms with Gasteiger partial charge in [-0.1, -0.05) is 18.6 Å². The molecule has 2 aliphatic rings. The van der Waals surface area contributed by atoms with Gasteiger partial charge in [0.2, 0.25) is 6.23 Å². The molecule has 1 aromatic rings. The van der Waals surface area contributed by atoms with Gasteiger partial charge in [-0.05, 0) is 18.9 Å². The summed E-state index contributed by atoms with van der Waals surface area (Å²) in [6.45, 7) is 2.14. The summed E-state index contributed by atoms with van der Waals surface area (Å²) in [6.07, 6.45) is 3.57. The van der Waals surface area contributed by atoms with E-state index in [1.54, 1.807) is 12.1 Å². The number of carbonyl (C=O) groups is 1. The van der Waals surface area contributed by atoms with Crippen molar-refractivity contribution in [3.63, 3.8) is 0 Å². The van der Waals surface area contributed by atoms with E-state index in [0.717, 1.165) is 37.8 Å². The van der Waals surface area contributed by atoms with E-state index in [9.17, 15) is 9.90 Å². The number of nitrogens with zero attached hydrogens (tertiary/aromatic N) is 2. The van der Waals surface area contributed by atoms with E-state index in [1.165, 1.54) is 6.42 Å². The van der Waals surface area contributed by atoms with Gasteiger partial charge < -0.3 is 9.84 Å². The summed E-state index contributed by atoms with van der Waals surface area (Å²) in [7, 11) is 0. The molecule has 1 fully saturated rings. The molecule has 3 rings (SSSR count). The summed E-state index contributed by atoms with van der Waals surface area (Å²) in [4.78, 5) is 11.3. The Bertz CT molecular complexity index is 472. The van der Waals surface area contributed by atoms with Crippen LogP contribution in [0.3, 0.4) is 0 Å². The molecule has 1 N–H and O–H groups in total. The van der Waals surface area contributed by atoms with Gasteiger partial charge in [0.15, 0.2) is 6.29 Å². The number of hydrogen-bond donors (Lipinski definition) is 1. The zero-order valence-corrected chi connectivity index (χ0v) is 10.8. The van der Waals surface area contributed by atoms with Crippen molar-refractivity contribution in [2.45, 2.75) is 32.1 Å². The Balaban J connectivity index is 2.01. The average Bonchev–Trinajstić information content (AvgIpc) is 2.47. The SMILES string of the molecule is O=CC1OCc2cccc(O)c2N1N1CCCCC1. The monoisotopic (exact) mass is 262 g/mol. The second kappa shape index (κ2) is 5.19. The molecule has 0 bridgehead atoms. The summed E-state index contributed by atoms with van der Waals surface area (Å²) >= 11 is 0. The van der Waals surface area contributed by atoms with Gasteiger partial charge in [0.1, 0.15) is 11.4 Å². The van der Waals surface area contributed by atoms with E-state index in [2.05, 4.69) is 5.01 Å². The molecule has 0 radical (unpaired) electrons. The Morgan fingerprint density at radius 3 is 2.79 bits per heavy atom. The molecule has 19 heavy (non-hydrogen) atoms. The molecule has 0 amide bonds. The highest BCUT2D eigenvalue weighted by molar-refractivity contribution is 5.71. The third kappa shape index (κ3) is 2.19. The summed E-state index contributed by atoms with van der Waals surface area (Å²) < 4.78 is 5.58. The molecule has 5 nitrogen and oxygen atoms in total. The number of anilines is 1. The lowest BCUT2D eigenvalue weighted by molar-refractivity contribution is -0.122. The first-order chi connectivity index (χ1) is 9.31. The molecule has 5 heteroatoms. The van der Waals surface area contributed by atoms with Crippen molar-refractivity contribution in [1.29, 1.82) is 0 Å². The predicted octanol–water partition coefficient (Wildman–Crippen LogP) is 1.65. The number of benzene rings is 1. The fourth-order valence-electron chi connectivity index (χ4n) is 2.82. The smallest absolute Gasteiger partial charge is 0.200 e. The van der Waals surface area contributed by atoms with Crippen LogP contribution in [0.25, 0.3) is 0 Å². The standard InChI is InChI=1S/C14H18N2O3/c17-9-13-16(15-7-2-1-3-8-15)14-11(10-19-13)5-4-6-12(14)18/h4-6,9,13,18H,1-3,7-8,10H2. The van der Waals surface area contributed by atoms with Crippen LogP contribution in [0.1, 0.15) is 24.8 Å². The lowest BCUT2D eigenvalue weighted by atomic mass is 10.1. The van der Waals surface area contributed by atoms with Gasteiger partial charge in [0.05, 0.1) is 6.61 Å². The van der Waals surface area contributed by atoms with Crippen molar-refractivity contribution in [3.8, 4) is 5.75 Å². The minimum absolute atomic E-state index is 0.207. The molecule has 0 aliphatic carbocycles. The number of para-hydroxylation sites is 1. The second-order valence-electron chi connectivity index (χ2n) is 4.98. The number of phenolic OH excluding ortho intramolecular Hbond substituents is 1. The molecule has 2 heterocycles. The number of piperidine rings is 1. The molecule has 0 saturated carbocycles. The fraction of sp³-hybridized carbons (Fsp3) is 0.500. The zero-order valence-electron chi connectivity index (χ0n) is 10.8. The van der Waals surface area contributed by atoms with Gasteiger partial charge in [-0.15, -0.1) is 0 Å². The lowest BCUT2D eigenvalue weighted by Crippen LogP contribution is -2.54. The van der Waals surface area contributed by atoms with Gasteiger partial charge in [-0.3, -0.25) is 9.80 Å². The zero-order chi connectivity index (χ0) is 13.2. The predicted molar refractivity (Wildman–Crippen MR) is 70.7 cm³/mol. The van der Waals surface area contributed by atoms with Crippen molar-refractivity contribution in [2.75, 3.05) is 18.1 Å². The van der Waals surface area contributed by atoms with Gasteiger partial charge in [0, 0.05) is 18.7 Å². The first-order valence-electron chi connectivity index (χ1n) is 6.73. The number of hydrazine groups is 1. The quantitative estimate of drug-likeness (QED) is 0.821. The highest BCUT2D eigenvalue weighted by atomic mass is 16.5. The molecule has 1 aromatic carbocycles. The van der Waals surface area contributed by atoms with Crippen LogP contribution in [0, 0.1) is 0 Å². The van der Waals surface area contributed by atoms with Crippen LogP contribution < -0.4 is 5.01 Å². The highest BCUT2D eigenvalue weighted by Gasteiger charge is 2.33. The fourth-order valence-corrected chi connectivity index (χ4v) is 2.82. The third-order valence-electron chi connectivity index (χ3n) is 3.73. The third-order valence-corrected chi connectivity index (χ3v) is 3.73. The Kier molecular flexibility index (Phi) is 3.40. The van der Waals surface area contributed by atoms with Crippen LogP contribution in [-0.4, -0.2) is 35.7 Å². The first-order valence-corrected chi connectivity index (χ1v) is 6.73. The van der Waals surface area contributed by atoms with Gasteiger partial charge >= 0.3 is 0 Å². The van der Waals surface area contributed by atoms with Crippen LogP contribution in [0.15, 0.2) is 18.2 Å². The maximum absolute atomic E-state index is 11.3. The van der Waals surface area contributed by atoms with Crippen LogP contribution in [-0.2, 0) is 16.1 Å². The van der Waals surface area contributed by atoms with Gasteiger partial charge in [0.25, 0.3) is 0 Å². The largest absolute Gasteiger partial charge is 0.506 e. The summed E-state index contributed by atoms with van der Waals surface area (Å²) in [5.74, 6) is 0.207. The molecule has 102 valence electrons. The highest BCUT2D eigenvalue weighted by Crippen LogP contribution is 2.38. The summed E-state index contributed by atoms with van der Waals surface area (Å²) in [6, 6.07) is 5.38. The average molecular weight is 262 g/mol. The molecule has 2 aliphatic heterocycles. The van der Waals surface area contributed by atoms with E-state index < -0.39 is 6.23 Å². The number of hydrogen-bond acceptors (Lipinski definition) is 5. The summed E-state index contributed by atoms with van der Waals surface area (Å²) in [5, 5.41) is 14.1. The summed E-state index contributed by atoms with van der Waals surface area (Å²) in [5.41, 5.74) is 1.64. The molecule has 1 saturated heterocycles. The Labute approximate surface area is 112 Å². The van der Waals surface area contributed by atoms with E-state index in [4.69, 9.17) is 4.74 Å². The maximum atomic E-state index is 11.3. The van der Waals surface area contributed by atoms with Crippen molar-refractivity contribution in [1.82, 2.24) is 5.01 Å². The Morgan fingerprint density at radius 2 is 2.05 bits per heavy atom. The van der Waals surface area contributed by atoms with Crippen LogP contribution >= 0.6 is 0 Å². The van der Waals surface area contributed by atoms with E-state index in [0.29, 0.717) is 12.3 Å². The molecular formula is C14H18N2O3. The van der Waals surface area contributed by atoms with Gasteiger partial charge in [-0.25, -0.2) is 5.01 Å². The maximum Gasteiger partial charge on any atom is 0.200 e. The van der Waals surface area contributed by atoms with Gasteiger partial charge in [-0.2, -0.15) is 0 Å². The van der Waals surface area contributed by atoms with Crippen molar-refractivity contribution < 1.29 is 14.6 Å². The molecule has 0 spiro atoms. The van der Waals surface area contributed by atoms with Crippen LogP contribution in [0.4, 0.5) is 5.69 Å². The minimum atomic E-state index is -0.640. The Morgan fingerprint density at radius 1 is 1.26 bits per heavy atom. The number of aromatic hydroxyl groups is 1. The van der Waals surface area contributed by atoms with Crippen molar-refractivity contribution in [3.05, 3.63) is 23.8 Å². The molecule has 1 unspecified atom stereocenters. The number of carbonyl (C=O) groups excluding carboxylic acids is 1. The van der Waals surface area contributed by atoms with Crippen molar-refractivity contribution >= 4 is 12.0 Å². The second-order valence-corrected chi connectivity index (χ2v) is 4.98. The van der Waals surface area contributed by atoms with Crippen LogP contribution in [0.5, 0.6) is 5.75 Å². The van der Waals surface area contributed by atoms with E-state index >= 15 is 0 Å². The normalized spacial score (nSPS) is 24.0. The minimum Gasteiger partial charge on any atom is -0.506 e. The number of fused-ring (bicyclic) bond motifs is 1. The number of rotatable bonds is 2. The molecule has 0 aromatic heterocycles. The number of phenols is 1. The van der Waals surface area contributed by atoms with Crippen molar-refractivity contribution in [2.24, 2.45) is 0 Å². The van der Waals surface area contributed by atoms with E-state index in [-0.39, 0.29) is 5.75 Å². The lowest BCUT2D eigenvalue weighted by Gasteiger charge is -2.44. The number of aldehydes is 1. The topological polar surface area (TPSA) is 53.0 Å². The van der Waals surface area contributed by atoms with Crippen LogP contribution in [0.2, 0.25) is 0 Å². The molecule has 1 atom stereocenters. The van der Waals surface area contributed by atoms with E-state index in [1.807, 2.05) is 11.1 Å². The number of ether oxygens (including phenoxy) is 1. The first kappa shape index (κ1) is 12.4. The molecular weight excluding hydrogens is 244 g/mol.